The molecule has 2 N–H and O–H groups in total. The monoisotopic (exact) mass is 392 g/mol. The van der Waals surface area contributed by atoms with Crippen LogP contribution in [0.5, 0.6) is 0 Å². The van der Waals surface area contributed by atoms with E-state index in [4.69, 9.17) is 4.98 Å². The molecule has 0 aliphatic heterocycles. The second-order valence-electron chi connectivity index (χ2n) is 7.11. The minimum Gasteiger partial charge on any atom is -0.356 e. The molecule has 6 nitrogen and oxygen atoms in total. The van der Waals surface area contributed by atoms with Crippen molar-refractivity contribution in [2.75, 3.05) is 6.54 Å². The van der Waals surface area contributed by atoms with E-state index in [1.54, 1.807) is 0 Å². The average molecular weight is 393 g/mol. The smallest absolute Gasteiger partial charge is 0.240 e. The summed E-state index contributed by atoms with van der Waals surface area (Å²) in [6.07, 6.45) is 1.95. The van der Waals surface area contributed by atoms with Gasteiger partial charge in [0, 0.05) is 19.4 Å². The van der Waals surface area contributed by atoms with Crippen molar-refractivity contribution in [3.8, 4) is 0 Å². The van der Waals surface area contributed by atoms with Crippen LogP contribution in [0.15, 0.2) is 54.6 Å². The van der Waals surface area contributed by atoms with Crippen LogP contribution in [0.25, 0.3) is 11.0 Å². The minimum atomic E-state index is -0.0637. The molecule has 2 aromatic carbocycles. The number of para-hydroxylation sites is 2. The summed E-state index contributed by atoms with van der Waals surface area (Å²) in [5.41, 5.74) is 2.90. The Balaban J connectivity index is 1.69. The summed E-state index contributed by atoms with van der Waals surface area (Å²) in [6.45, 7) is 4.64. The van der Waals surface area contributed by atoms with E-state index in [2.05, 4.69) is 10.6 Å². The number of imidazole rings is 1. The maximum absolute atomic E-state index is 12.7. The normalized spacial score (nSPS) is 11.9. The summed E-state index contributed by atoms with van der Waals surface area (Å²) >= 11 is 0. The van der Waals surface area contributed by atoms with E-state index in [0.29, 0.717) is 19.4 Å². The van der Waals surface area contributed by atoms with Crippen LogP contribution in [0.1, 0.15) is 44.1 Å². The fraction of sp³-hybridized carbons (Fsp3) is 0.348. The van der Waals surface area contributed by atoms with Crippen LogP contribution < -0.4 is 10.6 Å². The molecule has 0 bridgehead atoms. The van der Waals surface area contributed by atoms with Gasteiger partial charge in [0.15, 0.2) is 0 Å². The minimum absolute atomic E-state index is 0.0489. The van der Waals surface area contributed by atoms with E-state index in [0.717, 1.165) is 28.8 Å². The second kappa shape index (κ2) is 9.87. The lowest BCUT2D eigenvalue weighted by molar-refractivity contribution is -0.122. The van der Waals surface area contributed by atoms with Crippen LogP contribution in [-0.4, -0.2) is 27.9 Å². The maximum atomic E-state index is 12.7. The number of benzene rings is 2. The molecule has 1 atom stereocenters. The highest BCUT2D eigenvalue weighted by molar-refractivity contribution is 5.81. The summed E-state index contributed by atoms with van der Waals surface area (Å²) in [5.74, 6) is 0.859. The zero-order valence-electron chi connectivity index (χ0n) is 17.0. The van der Waals surface area contributed by atoms with E-state index in [-0.39, 0.29) is 24.4 Å². The number of rotatable bonds is 9. The van der Waals surface area contributed by atoms with Crippen molar-refractivity contribution in [1.82, 2.24) is 20.2 Å². The molecule has 1 unspecified atom stereocenters. The Morgan fingerprint density at radius 2 is 1.76 bits per heavy atom. The fourth-order valence-corrected chi connectivity index (χ4v) is 3.35. The first kappa shape index (κ1) is 20.6. The third-order valence-electron chi connectivity index (χ3n) is 4.93. The molecule has 3 rings (SSSR count). The van der Waals surface area contributed by atoms with Crippen LogP contribution in [-0.2, 0) is 22.6 Å². The molecule has 152 valence electrons. The zero-order valence-corrected chi connectivity index (χ0v) is 17.0. The Kier molecular flexibility index (Phi) is 7.00. The van der Waals surface area contributed by atoms with Gasteiger partial charge in [0.05, 0.1) is 17.1 Å². The molecule has 0 fully saturated rings. The standard InChI is InChI=1S/C23H28N4O2/c1-3-22(28)24-15-9-14-21-26-19-12-7-8-13-20(19)27(21)16-23(29)25-17(2)18-10-5-4-6-11-18/h4-8,10-13,17H,3,9,14-16H2,1-2H3,(H,24,28)(H,25,29). The van der Waals surface area contributed by atoms with Crippen molar-refractivity contribution in [2.45, 2.75) is 45.7 Å². The van der Waals surface area contributed by atoms with Crippen LogP contribution in [0.4, 0.5) is 0 Å². The quantitative estimate of drug-likeness (QED) is 0.548. The predicted octanol–water partition coefficient (Wildman–Crippen LogP) is 3.37. The summed E-state index contributed by atoms with van der Waals surface area (Å²) in [5, 5.41) is 5.96. The van der Waals surface area contributed by atoms with Gasteiger partial charge in [-0.15, -0.1) is 0 Å². The van der Waals surface area contributed by atoms with Gasteiger partial charge in [0.25, 0.3) is 0 Å². The molecular weight excluding hydrogens is 364 g/mol. The van der Waals surface area contributed by atoms with Gasteiger partial charge in [0.2, 0.25) is 11.8 Å². The molecule has 0 aliphatic carbocycles. The first-order valence-electron chi connectivity index (χ1n) is 10.1. The molecule has 29 heavy (non-hydrogen) atoms. The maximum Gasteiger partial charge on any atom is 0.240 e. The number of carbonyl (C=O) groups excluding carboxylic acids is 2. The van der Waals surface area contributed by atoms with Gasteiger partial charge >= 0.3 is 0 Å². The Morgan fingerprint density at radius 3 is 2.52 bits per heavy atom. The number of nitrogens with one attached hydrogen (secondary N) is 2. The lowest BCUT2D eigenvalue weighted by atomic mass is 10.1. The largest absolute Gasteiger partial charge is 0.356 e. The molecule has 0 saturated heterocycles. The number of amides is 2. The number of hydrogen-bond acceptors (Lipinski definition) is 3. The summed E-state index contributed by atoms with van der Waals surface area (Å²) in [4.78, 5) is 28.9. The van der Waals surface area contributed by atoms with E-state index in [1.807, 2.05) is 73.0 Å². The van der Waals surface area contributed by atoms with E-state index < -0.39 is 0 Å². The SMILES string of the molecule is CCC(=O)NCCCc1nc2ccccc2n1CC(=O)NC(C)c1ccccc1. The highest BCUT2D eigenvalue weighted by Gasteiger charge is 2.15. The van der Waals surface area contributed by atoms with Crippen molar-refractivity contribution in [2.24, 2.45) is 0 Å². The number of aryl methyl sites for hydroxylation is 1. The summed E-state index contributed by atoms with van der Waals surface area (Å²) < 4.78 is 1.98. The summed E-state index contributed by atoms with van der Waals surface area (Å²) in [7, 11) is 0. The van der Waals surface area contributed by atoms with Crippen molar-refractivity contribution < 1.29 is 9.59 Å². The lowest BCUT2D eigenvalue weighted by Crippen LogP contribution is -2.30. The zero-order chi connectivity index (χ0) is 20.6. The molecule has 0 saturated carbocycles. The van der Waals surface area contributed by atoms with E-state index in [1.165, 1.54) is 0 Å². The summed E-state index contributed by atoms with van der Waals surface area (Å²) in [6, 6.07) is 17.7. The van der Waals surface area contributed by atoms with Crippen molar-refractivity contribution >= 4 is 22.8 Å². The third kappa shape index (κ3) is 5.44. The number of nitrogens with zero attached hydrogens (tertiary/aromatic N) is 2. The highest BCUT2D eigenvalue weighted by atomic mass is 16.2. The predicted molar refractivity (Wildman–Crippen MR) is 114 cm³/mol. The van der Waals surface area contributed by atoms with Gasteiger partial charge < -0.3 is 15.2 Å². The Labute approximate surface area is 171 Å². The number of carbonyl (C=O) groups is 2. The van der Waals surface area contributed by atoms with Gasteiger partial charge in [-0.25, -0.2) is 4.98 Å². The topological polar surface area (TPSA) is 76.0 Å². The molecule has 6 heteroatoms. The number of fused-ring (bicyclic) bond motifs is 1. The Bertz CT molecular complexity index is 965. The van der Waals surface area contributed by atoms with Crippen LogP contribution in [0.2, 0.25) is 0 Å². The Morgan fingerprint density at radius 1 is 1.03 bits per heavy atom. The molecule has 2 amide bonds. The van der Waals surface area contributed by atoms with Crippen molar-refractivity contribution in [3.05, 3.63) is 66.0 Å². The third-order valence-corrected chi connectivity index (χ3v) is 4.93. The molecule has 0 radical (unpaired) electrons. The first-order valence-corrected chi connectivity index (χ1v) is 10.1. The van der Waals surface area contributed by atoms with Gasteiger partial charge in [0.1, 0.15) is 12.4 Å². The van der Waals surface area contributed by atoms with Crippen molar-refractivity contribution in [3.63, 3.8) is 0 Å². The van der Waals surface area contributed by atoms with Crippen LogP contribution in [0.3, 0.4) is 0 Å². The molecule has 3 aromatic rings. The highest BCUT2D eigenvalue weighted by Crippen LogP contribution is 2.18. The first-order chi connectivity index (χ1) is 14.1. The number of aromatic nitrogens is 2. The lowest BCUT2D eigenvalue weighted by Gasteiger charge is -2.16. The average Bonchev–Trinajstić information content (AvgIpc) is 3.08. The molecular formula is C23H28N4O2. The fourth-order valence-electron chi connectivity index (χ4n) is 3.35. The Hall–Kier alpha value is -3.15. The van der Waals surface area contributed by atoms with Gasteiger partial charge in [-0.05, 0) is 31.0 Å². The molecule has 1 heterocycles. The molecule has 1 aromatic heterocycles. The van der Waals surface area contributed by atoms with Gasteiger partial charge in [-0.1, -0.05) is 49.4 Å². The second-order valence-corrected chi connectivity index (χ2v) is 7.11. The molecule has 0 spiro atoms. The van der Waals surface area contributed by atoms with Gasteiger partial charge in [-0.3, -0.25) is 9.59 Å². The van der Waals surface area contributed by atoms with Crippen LogP contribution >= 0.6 is 0 Å². The van der Waals surface area contributed by atoms with E-state index in [9.17, 15) is 9.59 Å². The van der Waals surface area contributed by atoms with Crippen molar-refractivity contribution in [1.29, 1.82) is 0 Å². The van der Waals surface area contributed by atoms with E-state index >= 15 is 0 Å². The van der Waals surface area contributed by atoms with Gasteiger partial charge in [-0.2, -0.15) is 0 Å². The molecule has 0 aliphatic rings. The number of hydrogen-bond donors (Lipinski definition) is 2. The van der Waals surface area contributed by atoms with Crippen LogP contribution in [0, 0.1) is 0 Å².